The number of carbonyl (C=O) groups is 1. The van der Waals surface area contributed by atoms with Crippen molar-refractivity contribution in [1.82, 2.24) is 4.90 Å². The summed E-state index contributed by atoms with van der Waals surface area (Å²) in [5.41, 5.74) is 2.26. The lowest BCUT2D eigenvalue weighted by molar-refractivity contribution is -0.130. The quantitative estimate of drug-likeness (QED) is 0.676. The third-order valence-corrected chi connectivity index (χ3v) is 5.10. The summed E-state index contributed by atoms with van der Waals surface area (Å²) in [6.07, 6.45) is 0. The monoisotopic (exact) mass is 389 g/mol. The summed E-state index contributed by atoms with van der Waals surface area (Å²) in [5.74, 6) is -0.655. The van der Waals surface area contributed by atoms with Crippen LogP contribution < -0.4 is 4.74 Å². The number of aliphatic hydroxyl groups excluding tert-OH is 1. The Morgan fingerprint density at radius 3 is 2.28 bits per heavy atom. The van der Waals surface area contributed by atoms with E-state index in [2.05, 4.69) is 0 Å². The number of rotatable bonds is 5. The number of nitrogens with zero attached hydrogens (tertiary/aromatic N) is 1. The highest BCUT2D eigenvalue weighted by Gasteiger charge is 2.42. The summed E-state index contributed by atoms with van der Waals surface area (Å²) < 4.78 is 19.9. The van der Waals surface area contributed by atoms with Gasteiger partial charge in [-0.25, -0.2) is 4.39 Å². The van der Waals surface area contributed by atoms with Gasteiger partial charge in [-0.2, -0.15) is 0 Å². The molecule has 1 atom stereocenters. The van der Waals surface area contributed by atoms with Crippen LogP contribution in [0.3, 0.4) is 0 Å². The van der Waals surface area contributed by atoms with E-state index in [1.54, 1.807) is 49.6 Å². The Kier molecular flexibility index (Phi) is 5.04. The average Bonchev–Trinajstić information content (AvgIpc) is 3.00. The molecule has 1 amide bonds. The minimum Gasteiger partial charge on any atom is -0.503 e. The summed E-state index contributed by atoms with van der Waals surface area (Å²) in [7, 11) is 1.56. The molecular weight excluding hydrogens is 369 g/mol. The van der Waals surface area contributed by atoms with Gasteiger partial charge in [-0.3, -0.25) is 4.79 Å². The minimum atomic E-state index is -0.739. The molecule has 0 bridgehead atoms. The molecule has 3 aromatic rings. The SMILES string of the molecule is COc1ccc(C2=C(O)C(=O)N(Cc3ccccc3)[C@H]2c2ccccc2F)cc1. The van der Waals surface area contributed by atoms with Gasteiger partial charge in [0.15, 0.2) is 5.76 Å². The molecule has 5 heteroatoms. The van der Waals surface area contributed by atoms with Crippen LogP contribution in [0.1, 0.15) is 22.7 Å². The van der Waals surface area contributed by atoms with E-state index in [1.165, 1.54) is 11.0 Å². The predicted octanol–water partition coefficient (Wildman–Crippen LogP) is 4.89. The van der Waals surface area contributed by atoms with Crippen molar-refractivity contribution in [2.24, 2.45) is 0 Å². The second kappa shape index (κ2) is 7.80. The molecule has 4 rings (SSSR count). The summed E-state index contributed by atoms with van der Waals surface area (Å²) >= 11 is 0. The van der Waals surface area contributed by atoms with E-state index in [0.717, 1.165) is 5.56 Å². The topological polar surface area (TPSA) is 49.8 Å². The average molecular weight is 389 g/mol. The number of hydrogen-bond donors (Lipinski definition) is 1. The van der Waals surface area contributed by atoms with Crippen LogP contribution in [0.5, 0.6) is 5.75 Å². The molecule has 4 nitrogen and oxygen atoms in total. The molecule has 0 unspecified atom stereocenters. The highest BCUT2D eigenvalue weighted by atomic mass is 19.1. The van der Waals surface area contributed by atoms with E-state index in [9.17, 15) is 14.3 Å². The number of hydrogen-bond acceptors (Lipinski definition) is 3. The van der Waals surface area contributed by atoms with E-state index < -0.39 is 17.8 Å². The lowest BCUT2D eigenvalue weighted by Crippen LogP contribution is -2.30. The first-order valence-electron chi connectivity index (χ1n) is 9.27. The Hall–Kier alpha value is -3.60. The molecule has 0 radical (unpaired) electrons. The van der Waals surface area contributed by atoms with Crippen molar-refractivity contribution in [3.05, 3.63) is 107 Å². The van der Waals surface area contributed by atoms with Crippen molar-refractivity contribution in [1.29, 1.82) is 0 Å². The molecule has 0 aliphatic carbocycles. The van der Waals surface area contributed by atoms with Gasteiger partial charge in [0.2, 0.25) is 0 Å². The van der Waals surface area contributed by atoms with Gasteiger partial charge in [-0.05, 0) is 29.3 Å². The van der Waals surface area contributed by atoms with Crippen LogP contribution in [-0.4, -0.2) is 23.0 Å². The van der Waals surface area contributed by atoms with E-state index >= 15 is 0 Å². The van der Waals surface area contributed by atoms with Crippen molar-refractivity contribution >= 4 is 11.5 Å². The fraction of sp³-hybridized carbons (Fsp3) is 0.125. The largest absolute Gasteiger partial charge is 0.503 e. The molecule has 1 aliphatic rings. The maximum absolute atomic E-state index is 14.8. The fourth-order valence-corrected chi connectivity index (χ4v) is 3.68. The zero-order valence-electron chi connectivity index (χ0n) is 15.9. The molecular formula is C24H20FNO3. The first kappa shape index (κ1) is 18.7. The molecule has 0 aromatic heterocycles. The number of amides is 1. The van der Waals surface area contributed by atoms with Gasteiger partial charge in [0.05, 0.1) is 13.2 Å². The summed E-state index contributed by atoms with van der Waals surface area (Å²) in [4.78, 5) is 14.5. The van der Waals surface area contributed by atoms with E-state index in [4.69, 9.17) is 4.74 Å². The molecule has 0 fully saturated rings. The Labute approximate surface area is 168 Å². The van der Waals surface area contributed by atoms with Gasteiger partial charge in [-0.1, -0.05) is 60.7 Å². The van der Waals surface area contributed by atoms with Crippen LogP contribution >= 0.6 is 0 Å². The number of aliphatic hydroxyl groups is 1. The predicted molar refractivity (Wildman–Crippen MR) is 109 cm³/mol. The highest BCUT2D eigenvalue weighted by Crippen LogP contribution is 2.44. The normalized spacial score (nSPS) is 16.4. The van der Waals surface area contributed by atoms with Gasteiger partial charge < -0.3 is 14.7 Å². The van der Waals surface area contributed by atoms with Crippen molar-refractivity contribution < 1.29 is 19.0 Å². The van der Waals surface area contributed by atoms with Gasteiger partial charge in [0, 0.05) is 17.7 Å². The molecule has 0 saturated carbocycles. The Morgan fingerprint density at radius 2 is 1.62 bits per heavy atom. The van der Waals surface area contributed by atoms with Crippen LogP contribution in [0.2, 0.25) is 0 Å². The summed E-state index contributed by atoms with van der Waals surface area (Å²) in [5, 5.41) is 10.7. The van der Waals surface area contributed by atoms with Gasteiger partial charge in [-0.15, -0.1) is 0 Å². The first-order valence-corrected chi connectivity index (χ1v) is 9.27. The maximum Gasteiger partial charge on any atom is 0.290 e. The Morgan fingerprint density at radius 1 is 0.966 bits per heavy atom. The third-order valence-electron chi connectivity index (χ3n) is 5.10. The fourth-order valence-electron chi connectivity index (χ4n) is 3.68. The lowest BCUT2D eigenvalue weighted by Gasteiger charge is -2.28. The van der Waals surface area contributed by atoms with Crippen LogP contribution in [0, 0.1) is 5.82 Å². The van der Waals surface area contributed by atoms with E-state index in [-0.39, 0.29) is 12.3 Å². The second-order valence-corrected chi connectivity index (χ2v) is 6.83. The first-order chi connectivity index (χ1) is 14.1. The van der Waals surface area contributed by atoms with Crippen LogP contribution in [0.4, 0.5) is 4.39 Å². The van der Waals surface area contributed by atoms with Crippen molar-refractivity contribution in [3.8, 4) is 5.75 Å². The number of methoxy groups -OCH3 is 1. The van der Waals surface area contributed by atoms with E-state index in [1.807, 2.05) is 30.3 Å². The van der Waals surface area contributed by atoms with Crippen molar-refractivity contribution in [2.75, 3.05) is 7.11 Å². The summed E-state index contributed by atoms with van der Waals surface area (Å²) in [6, 6.07) is 22.1. The van der Waals surface area contributed by atoms with Gasteiger partial charge >= 0.3 is 0 Å². The van der Waals surface area contributed by atoms with E-state index in [0.29, 0.717) is 22.4 Å². The zero-order valence-corrected chi connectivity index (χ0v) is 15.9. The van der Waals surface area contributed by atoms with Crippen LogP contribution in [0.15, 0.2) is 84.6 Å². The number of benzene rings is 3. The molecule has 0 spiro atoms. The molecule has 3 aromatic carbocycles. The third kappa shape index (κ3) is 3.47. The lowest BCUT2D eigenvalue weighted by atomic mass is 9.93. The molecule has 146 valence electrons. The molecule has 1 aliphatic heterocycles. The highest BCUT2D eigenvalue weighted by molar-refractivity contribution is 6.05. The van der Waals surface area contributed by atoms with Gasteiger partial charge in [0.25, 0.3) is 5.91 Å². The molecule has 1 N–H and O–H groups in total. The molecule has 0 saturated heterocycles. The second-order valence-electron chi connectivity index (χ2n) is 6.83. The van der Waals surface area contributed by atoms with Crippen LogP contribution in [0.25, 0.3) is 5.57 Å². The molecule has 29 heavy (non-hydrogen) atoms. The standard InChI is InChI=1S/C24H20FNO3/c1-29-18-13-11-17(12-14-18)21-22(19-9-5-6-10-20(19)25)26(24(28)23(21)27)15-16-7-3-2-4-8-16/h2-14,22,27H,15H2,1H3/t22-/m0/s1. The number of carbonyl (C=O) groups excluding carboxylic acids is 1. The number of ether oxygens (including phenoxy) is 1. The smallest absolute Gasteiger partial charge is 0.290 e. The molecule has 1 heterocycles. The summed E-state index contributed by atoms with van der Waals surface area (Å²) in [6.45, 7) is 0.252. The zero-order chi connectivity index (χ0) is 20.4. The van der Waals surface area contributed by atoms with Crippen LogP contribution in [-0.2, 0) is 11.3 Å². The van der Waals surface area contributed by atoms with Crippen molar-refractivity contribution in [2.45, 2.75) is 12.6 Å². The maximum atomic E-state index is 14.8. The number of halogens is 1. The Balaban J connectivity index is 1.83. The van der Waals surface area contributed by atoms with Gasteiger partial charge in [0.1, 0.15) is 11.6 Å². The minimum absolute atomic E-state index is 0.252. The van der Waals surface area contributed by atoms with Crippen molar-refractivity contribution in [3.63, 3.8) is 0 Å². The Bertz CT molecular complexity index is 1060.